The lowest BCUT2D eigenvalue weighted by Gasteiger charge is -2.05. The second kappa shape index (κ2) is 4.19. The van der Waals surface area contributed by atoms with E-state index in [9.17, 15) is 0 Å². The third kappa shape index (κ3) is 2.29. The Bertz CT molecular complexity index is 305. The van der Waals surface area contributed by atoms with E-state index in [1.54, 1.807) is 0 Å². The van der Waals surface area contributed by atoms with Crippen molar-refractivity contribution in [1.29, 1.82) is 5.26 Å². The summed E-state index contributed by atoms with van der Waals surface area (Å²) in [4.78, 5) is 4.13. The van der Waals surface area contributed by atoms with E-state index >= 15 is 0 Å². The summed E-state index contributed by atoms with van der Waals surface area (Å²) in [6.07, 6.45) is 0.295. The molecule has 0 saturated heterocycles. The number of nitrogens with zero attached hydrogens (tertiary/aromatic N) is 2. The van der Waals surface area contributed by atoms with Crippen molar-refractivity contribution in [2.75, 3.05) is 0 Å². The average Bonchev–Trinajstić information content (AvgIpc) is 2.05. The van der Waals surface area contributed by atoms with Crippen LogP contribution >= 0.6 is 15.9 Å². The fourth-order valence-corrected chi connectivity index (χ4v) is 1.19. The monoisotopic (exact) mass is 225 g/mol. The molecule has 0 saturated carbocycles. The molecule has 0 amide bonds. The number of hydrogen-bond donors (Lipinski definition) is 1. The second-order valence-electron chi connectivity index (χ2n) is 2.35. The number of pyridine rings is 1. The number of nitrogens with two attached hydrogens (primary N) is 1. The van der Waals surface area contributed by atoms with Gasteiger partial charge in [-0.3, -0.25) is 0 Å². The summed E-state index contributed by atoms with van der Waals surface area (Å²) in [6, 6.07) is 7.21. The van der Waals surface area contributed by atoms with Crippen LogP contribution in [-0.4, -0.2) is 4.98 Å². The molecule has 1 aromatic rings. The lowest BCUT2D eigenvalue weighted by Crippen LogP contribution is -2.10. The minimum atomic E-state index is -0.285. The maximum Gasteiger partial charge on any atom is 0.106 e. The van der Waals surface area contributed by atoms with Crippen molar-refractivity contribution in [2.24, 2.45) is 5.73 Å². The van der Waals surface area contributed by atoms with Gasteiger partial charge in [0.2, 0.25) is 0 Å². The first-order valence-electron chi connectivity index (χ1n) is 3.49. The molecule has 0 aliphatic carbocycles. The highest BCUT2D eigenvalue weighted by molar-refractivity contribution is 9.10. The van der Waals surface area contributed by atoms with E-state index in [0.717, 1.165) is 10.3 Å². The molecule has 3 nitrogen and oxygen atoms in total. The molecule has 2 N–H and O–H groups in total. The van der Waals surface area contributed by atoms with Crippen molar-refractivity contribution in [1.82, 2.24) is 4.98 Å². The zero-order valence-electron chi connectivity index (χ0n) is 6.37. The third-order valence-corrected chi connectivity index (χ3v) is 1.87. The lowest BCUT2D eigenvalue weighted by atomic mass is 10.1. The van der Waals surface area contributed by atoms with Gasteiger partial charge in [0.25, 0.3) is 0 Å². The van der Waals surface area contributed by atoms with E-state index < -0.39 is 0 Å². The molecule has 62 valence electrons. The van der Waals surface area contributed by atoms with E-state index in [2.05, 4.69) is 20.9 Å². The van der Waals surface area contributed by atoms with Crippen LogP contribution < -0.4 is 5.73 Å². The van der Waals surface area contributed by atoms with Crippen LogP contribution in [0.4, 0.5) is 0 Å². The standard InChI is InChI=1S/C8H8BrN3/c9-8-3-1-2-7(12-8)6(11)4-5-10/h1-3,6H,4,11H2/t6-/m0/s1. The topological polar surface area (TPSA) is 62.7 Å². The molecule has 0 bridgehead atoms. The van der Waals surface area contributed by atoms with E-state index in [4.69, 9.17) is 11.0 Å². The van der Waals surface area contributed by atoms with Crippen molar-refractivity contribution >= 4 is 15.9 Å². The molecule has 4 heteroatoms. The summed E-state index contributed by atoms with van der Waals surface area (Å²) in [5.41, 5.74) is 6.41. The predicted molar refractivity (Wildman–Crippen MR) is 49.1 cm³/mol. The molecule has 0 aliphatic rings. The first-order chi connectivity index (χ1) is 5.74. The highest BCUT2D eigenvalue weighted by Gasteiger charge is 2.05. The largest absolute Gasteiger partial charge is 0.322 e. The first kappa shape index (κ1) is 9.17. The Balaban J connectivity index is 2.82. The molecule has 0 spiro atoms. The number of rotatable bonds is 2. The van der Waals surface area contributed by atoms with Crippen molar-refractivity contribution in [3.05, 3.63) is 28.5 Å². The number of hydrogen-bond acceptors (Lipinski definition) is 3. The Labute approximate surface area is 79.3 Å². The Kier molecular flexibility index (Phi) is 3.20. The van der Waals surface area contributed by atoms with E-state index in [1.165, 1.54) is 0 Å². The Morgan fingerprint density at radius 1 is 1.67 bits per heavy atom. The number of halogens is 1. The van der Waals surface area contributed by atoms with E-state index in [1.807, 2.05) is 24.3 Å². The maximum absolute atomic E-state index is 8.40. The van der Waals surface area contributed by atoms with Gasteiger partial charge in [0.1, 0.15) is 4.60 Å². The van der Waals surface area contributed by atoms with Crippen molar-refractivity contribution in [3.8, 4) is 6.07 Å². The van der Waals surface area contributed by atoms with Gasteiger partial charge in [0.15, 0.2) is 0 Å². The van der Waals surface area contributed by atoms with Crippen LogP contribution in [0.1, 0.15) is 18.2 Å². The van der Waals surface area contributed by atoms with Crippen LogP contribution in [0, 0.1) is 11.3 Å². The van der Waals surface area contributed by atoms with Crippen LogP contribution in [0.3, 0.4) is 0 Å². The summed E-state index contributed by atoms with van der Waals surface area (Å²) < 4.78 is 0.744. The Hall–Kier alpha value is -0.920. The molecule has 0 aromatic carbocycles. The van der Waals surface area contributed by atoms with Gasteiger partial charge < -0.3 is 5.73 Å². The zero-order chi connectivity index (χ0) is 8.97. The first-order valence-corrected chi connectivity index (χ1v) is 4.28. The van der Waals surface area contributed by atoms with Gasteiger partial charge in [-0.05, 0) is 28.1 Å². The quantitative estimate of drug-likeness (QED) is 0.781. The summed E-state index contributed by atoms with van der Waals surface area (Å²) in [7, 11) is 0. The van der Waals surface area contributed by atoms with Gasteiger partial charge in [0, 0.05) is 0 Å². The van der Waals surface area contributed by atoms with Gasteiger partial charge in [-0.15, -0.1) is 0 Å². The molecule has 1 atom stereocenters. The molecular weight excluding hydrogens is 218 g/mol. The molecule has 1 rings (SSSR count). The number of aromatic nitrogens is 1. The predicted octanol–water partition coefficient (Wildman–Crippen LogP) is 1.76. The van der Waals surface area contributed by atoms with Gasteiger partial charge in [-0.1, -0.05) is 6.07 Å². The summed E-state index contributed by atoms with van der Waals surface area (Å²) in [6.45, 7) is 0. The zero-order valence-corrected chi connectivity index (χ0v) is 7.95. The molecule has 0 radical (unpaired) electrons. The molecule has 12 heavy (non-hydrogen) atoms. The maximum atomic E-state index is 8.40. The molecule has 0 unspecified atom stereocenters. The Morgan fingerprint density at radius 2 is 2.42 bits per heavy atom. The van der Waals surface area contributed by atoms with Crippen molar-refractivity contribution < 1.29 is 0 Å². The molecule has 0 aliphatic heterocycles. The SMILES string of the molecule is N#CC[C@H](N)c1cccc(Br)n1. The average molecular weight is 226 g/mol. The van der Waals surface area contributed by atoms with E-state index in [-0.39, 0.29) is 6.04 Å². The van der Waals surface area contributed by atoms with Crippen LogP contribution in [-0.2, 0) is 0 Å². The van der Waals surface area contributed by atoms with Crippen molar-refractivity contribution in [2.45, 2.75) is 12.5 Å². The minimum Gasteiger partial charge on any atom is -0.322 e. The summed E-state index contributed by atoms with van der Waals surface area (Å²) in [5, 5.41) is 8.40. The highest BCUT2D eigenvalue weighted by Crippen LogP contribution is 2.13. The fourth-order valence-electron chi connectivity index (χ4n) is 0.833. The van der Waals surface area contributed by atoms with Crippen LogP contribution in [0.5, 0.6) is 0 Å². The van der Waals surface area contributed by atoms with Crippen LogP contribution in [0.2, 0.25) is 0 Å². The molecular formula is C8H8BrN3. The smallest absolute Gasteiger partial charge is 0.106 e. The summed E-state index contributed by atoms with van der Waals surface area (Å²) in [5.74, 6) is 0. The van der Waals surface area contributed by atoms with Crippen LogP contribution in [0.15, 0.2) is 22.8 Å². The normalized spacial score (nSPS) is 12.1. The van der Waals surface area contributed by atoms with Crippen molar-refractivity contribution in [3.63, 3.8) is 0 Å². The van der Waals surface area contributed by atoms with Crippen LogP contribution in [0.25, 0.3) is 0 Å². The van der Waals surface area contributed by atoms with Gasteiger partial charge in [-0.25, -0.2) is 4.98 Å². The third-order valence-electron chi connectivity index (χ3n) is 1.43. The highest BCUT2D eigenvalue weighted by atomic mass is 79.9. The van der Waals surface area contributed by atoms with Gasteiger partial charge in [0.05, 0.1) is 24.2 Å². The van der Waals surface area contributed by atoms with Gasteiger partial charge in [-0.2, -0.15) is 5.26 Å². The number of nitriles is 1. The fraction of sp³-hybridized carbons (Fsp3) is 0.250. The lowest BCUT2D eigenvalue weighted by molar-refractivity contribution is 0.718. The molecule has 1 heterocycles. The summed E-state index contributed by atoms with van der Waals surface area (Å²) >= 11 is 3.23. The second-order valence-corrected chi connectivity index (χ2v) is 3.17. The minimum absolute atomic E-state index is 0.285. The van der Waals surface area contributed by atoms with Gasteiger partial charge >= 0.3 is 0 Å². The molecule has 0 fully saturated rings. The molecule has 1 aromatic heterocycles. The Morgan fingerprint density at radius 3 is 3.00 bits per heavy atom. The van der Waals surface area contributed by atoms with E-state index in [0.29, 0.717) is 6.42 Å².